The molecule has 0 radical (unpaired) electrons. The number of nitrogens with zero attached hydrogens (tertiary/aromatic N) is 6. The number of aliphatic carboxylic acids is 1. The first-order valence-electron chi connectivity index (χ1n) is 5.65. The van der Waals surface area contributed by atoms with Gasteiger partial charge in [0.25, 0.3) is 0 Å². The molecule has 0 aliphatic rings. The van der Waals surface area contributed by atoms with Crippen LogP contribution in [0.15, 0.2) is 11.5 Å². The van der Waals surface area contributed by atoms with Crippen molar-refractivity contribution in [3.05, 3.63) is 18.0 Å². The molecule has 0 spiro atoms. The van der Waals surface area contributed by atoms with Gasteiger partial charge in [0.05, 0.1) is 5.75 Å². The zero-order valence-corrected chi connectivity index (χ0v) is 11.5. The molecule has 0 saturated heterocycles. The Balaban J connectivity index is 2.02. The summed E-state index contributed by atoms with van der Waals surface area (Å²) in [6, 6.07) is 0. The number of carboxylic acid groups (broad SMARTS) is 1. The Bertz CT molecular complexity index is 578. The van der Waals surface area contributed by atoms with Crippen molar-refractivity contribution in [3.63, 3.8) is 0 Å². The van der Waals surface area contributed by atoms with Gasteiger partial charge in [0.1, 0.15) is 12.2 Å². The number of carbonyl (C=O) groups is 1. The summed E-state index contributed by atoms with van der Waals surface area (Å²) < 4.78 is 3.53. The van der Waals surface area contributed by atoms with Crippen molar-refractivity contribution < 1.29 is 9.90 Å². The second-order valence-corrected chi connectivity index (χ2v) is 4.89. The van der Waals surface area contributed by atoms with Gasteiger partial charge in [-0.25, -0.2) is 4.98 Å². The maximum absolute atomic E-state index is 10.6. The fourth-order valence-electron chi connectivity index (χ4n) is 1.56. The predicted octanol–water partition coefficient (Wildman–Crippen LogP) is 0.134. The highest BCUT2D eigenvalue weighted by Gasteiger charge is 2.11. The molecule has 0 aliphatic carbocycles. The van der Waals surface area contributed by atoms with E-state index in [0.29, 0.717) is 18.1 Å². The van der Waals surface area contributed by atoms with Crippen LogP contribution in [-0.4, -0.2) is 46.4 Å². The molecule has 0 saturated carbocycles. The lowest BCUT2D eigenvalue weighted by atomic mass is 10.4. The molecule has 2 aromatic heterocycles. The molecule has 2 heterocycles. The van der Waals surface area contributed by atoms with Gasteiger partial charge >= 0.3 is 5.97 Å². The highest BCUT2D eigenvalue weighted by Crippen LogP contribution is 2.16. The second kappa shape index (κ2) is 5.83. The van der Waals surface area contributed by atoms with Gasteiger partial charge in [0.2, 0.25) is 0 Å². The van der Waals surface area contributed by atoms with Gasteiger partial charge in [0, 0.05) is 20.0 Å². The van der Waals surface area contributed by atoms with Crippen molar-refractivity contribution in [1.29, 1.82) is 0 Å². The van der Waals surface area contributed by atoms with Crippen LogP contribution in [0.2, 0.25) is 0 Å². The molecule has 0 amide bonds. The van der Waals surface area contributed by atoms with Crippen LogP contribution in [0.3, 0.4) is 0 Å². The molecule has 2 aromatic rings. The van der Waals surface area contributed by atoms with Crippen molar-refractivity contribution in [2.45, 2.75) is 25.0 Å². The quantitative estimate of drug-likeness (QED) is 0.752. The summed E-state index contributed by atoms with van der Waals surface area (Å²) in [7, 11) is 1.81. The van der Waals surface area contributed by atoms with E-state index in [9.17, 15) is 4.79 Å². The van der Waals surface area contributed by atoms with Crippen LogP contribution >= 0.6 is 11.8 Å². The summed E-state index contributed by atoms with van der Waals surface area (Å²) in [6.07, 6.45) is 2.30. The molecule has 102 valence electrons. The lowest BCUT2D eigenvalue weighted by Crippen LogP contribution is -2.08. The largest absolute Gasteiger partial charge is 0.481 e. The Morgan fingerprint density at radius 1 is 1.47 bits per heavy atom. The monoisotopic (exact) mass is 282 g/mol. The van der Waals surface area contributed by atoms with E-state index in [4.69, 9.17) is 5.11 Å². The molecule has 9 heteroatoms. The summed E-state index contributed by atoms with van der Waals surface area (Å²) in [5.41, 5.74) is 0. The average Bonchev–Trinajstić information content (AvgIpc) is 2.91. The Morgan fingerprint density at radius 2 is 2.26 bits per heavy atom. The molecule has 19 heavy (non-hydrogen) atoms. The van der Waals surface area contributed by atoms with E-state index >= 15 is 0 Å². The van der Waals surface area contributed by atoms with Crippen molar-refractivity contribution >= 4 is 17.7 Å². The molecule has 0 aromatic carbocycles. The van der Waals surface area contributed by atoms with Gasteiger partial charge in [-0.2, -0.15) is 5.10 Å². The number of hydrogen-bond donors (Lipinski definition) is 1. The van der Waals surface area contributed by atoms with Gasteiger partial charge in [-0.05, 0) is 6.92 Å². The number of aromatic nitrogens is 6. The lowest BCUT2D eigenvalue weighted by molar-refractivity contribution is -0.133. The van der Waals surface area contributed by atoms with Crippen LogP contribution in [0.5, 0.6) is 0 Å². The van der Waals surface area contributed by atoms with Crippen molar-refractivity contribution in [2.75, 3.05) is 5.75 Å². The van der Waals surface area contributed by atoms with Gasteiger partial charge in [-0.15, -0.1) is 10.2 Å². The number of carboxylic acids is 1. The summed E-state index contributed by atoms with van der Waals surface area (Å²) in [6.45, 7) is 2.47. The molecule has 0 aliphatic heterocycles. The molecule has 0 unspecified atom stereocenters. The first-order valence-corrected chi connectivity index (χ1v) is 6.63. The third kappa shape index (κ3) is 3.53. The Morgan fingerprint density at radius 3 is 2.89 bits per heavy atom. The maximum Gasteiger partial charge on any atom is 0.313 e. The molecule has 2 rings (SSSR count). The first kappa shape index (κ1) is 13.5. The zero-order valence-electron chi connectivity index (χ0n) is 10.6. The highest BCUT2D eigenvalue weighted by atomic mass is 32.2. The van der Waals surface area contributed by atoms with Gasteiger partial charge < -0.3 is 9.67 Å². The normalized spacial score (nSPS) is 10.8. The summed E-state index contributed by atoms with van der Waals surface area (Å²) >= 11 is 1.16. The molecule has 0 atom stereocenters. The number of aryl methyl sites for hydroxylation is 3. The third-order valence-electron chi connectivity index (χ3n) is 2.43. The molecule has 0 bridgehead atoms. The maximum atomic E-state index is 10.6. The zero-order chi connectivity index (χ0) is 13.8. The Labute approximate surface area is 113 Å². The van der Waals surface area contributed by atoms with E-state index in [-0.39, 0.29) is 5.75 Å². The minimum atomic E-state index is -0.872. The third-order valence-corrected chi connectivity index (χ3v) is 3.38. The van der Waals surface area contributed by atoms with Gasteiger partial charge in [-0.3, -0.25) is 9.48 Å². The Hall–Kier alpha value is -1.90. The molecule has 8 nitrogen and oxygen atoms in total. The summed E-state index contributed by atoms with van der Waals surface area (Å²) in [5, 5.41) is 21.4. The topological polar surface area (TPSA) is 98.7 Å². The smallest absolute Gasteiger partial charge is 0.313 e. The molecular formula is C10H14N6O2S. The molecule has 0 fully saturated rings. The first-order chi connectivity index (χ1) is 9.06. The van der Waals surface area contributed by atoms with Crippen molar-refractivity contribution in [2.24, 2.45) is 7.05 Å². The minimum absolute atomic E-state index is 0.0278. The minimum Gasteiger partial charge on any atom is -0.481 e. The van der Waals surface area contributed by atoms with Crippen LogP contribution in [0, 0.1) is 6.92 Å². The fourth-order valence-corrected chi connectivity index (χ4v) is 2.29. The number of thioether (sulfide) groups is 1. The van der Waals surface area contributed by atoms with E-state index in [1.165, 1.54) is 0 Å². The molecule has 1 N–H and O–H groups in total. The van der Waals surface area contributed by atoms with Crippen LogP contribution in [-0.2, 0) is 24.8 Å². The van der Waals surface area contributed by atoms with E-state index in [0.717, 1.165) is 23.4 Å². The van der Waals surface area contributed by atoms with E-state index in [2.05, 4.69) is 20.3 Å². The Kier molecular flexibility index (Phi) is 4.15. The van der Waals surface area contributed by atoms with E-state index < -0.39 is 5.97 Å². The van der Waals surface area contributed by atoms with Crippen LogP contribution in [0.1, 0.15) is 11.6 Å². The van der Waals surface area contributed by atoms with Crippen molar-refractivity contribution in [3.8, 4) is 0 Å². The summed E-state index contributed by atoms with van der Waals surface area (Å²) in [5.74, 6) is 0.595. The second-order valence-electron chi connectivity index (χ2n) is 3.95. The fraction of sp³-hybridized carbons (Fsp3) is 0.500. The number of rotatable bonds is 6. The predicted molar refractivity (Wildman–Crippen MR) is 67.8 cm³/mol. The molecular weight excluding hydrogens is 268 g/mol. The van der Waals surface area contributed by atoms with Crippen LogP contribution in [0.4, 0.5) is 0 Å². The average molecular weight is 282 g/mol. The summed E-state index contributed by atoms with van der Waals surface area (Å²) in [4.78, 5) is 14.7. The van der Waals surface area contributed by atoms with Crippen molar-refractivity contribution in [1.82, 2.24) is 29.5 Å². The van der Waals surface area contributed by atoms with Gasteiger partial charge in [-0.1, -0.05) is 11.8 Å². The van der Waals surface area contributed by atoms with Gasteiger partial charge in [0.15, 0.2) is 11.0 Å². The van der Waals surface area contributed by atoms with Crippen LogP contribution < -0.4 is 0 Å². The lowest BCUT2D eigenvalue weighted by Gasteiger charge is -2.05. The standard InChI is InChI=1S/C10H14N6O2S/c1-7-12-13-10(19-5-9(17)18)16(7)4-3-8-11-6-15(2)14-8/h6H,3-5H2,1-2H3,(H,17,18). The highest BCUT2D eigenvalue weighted by molar-refractivity contribution is 7.99. The van der Waals surface area contributed by atoms with E-state index in [1.54, 1.807) is 11.0 Å². The number of hydrogen-bond acceptors (Lipinski definition) is 6. The SMILES string of the molecule is Cc1nnc(SCC(=O)O)n1CCc1ncn(C)n1. The van der Waals surface area contributed by atoms with E-state index in [1.807, 2.05) is 18.5 Å². The van der Waals surface area contributed by atoms with Crippen LogP contribution in [0.25, 0.3) is 0 Å².